The summed E-state index contributed by atoms with van der Waals surface area (Å²) in [5, 5.41) is 2.15. The first kappa shape index (κ1) is 15.5. The molecule has 8 heteroatoms. The molecule has 0 fully saturated rings. The number of carbonyl (C=O) groups excluding carboxylic acids is 1. The molecule has 0 spiro atoms. The van der Waals surface area contributed by atoms with E-state index in [9.17, 15) is 13.2 Å². The van der Waals surface area contributed by atoms with Crippen LogP contribution in [0.1, 0.15) is 18.2 Å². The van der Waals surface area contributed by atoms with Gasteiger partial charge in [0.2, 0.25) is 10.0 Å². The Morgan fingerprint density at radius 3 is 2.57 bits per heavy atom. The Morgan fingerprint density at radius 1 is 1.33 bits per heavy atom. The van der Waals surface area contributed by atoms with E-state index in [1.807, 2.05) is 12.1 Å². The average Bonchev–Trinajstić information content (AvgIpc) is 2.76. The number of aromatic nitrogens is 1. The maximum absolute atomic E-state index is 11.1. The number of hydrogen-bond acceptors (Lipinski definition) is 6. The highest BCUT2D eigenvalue weighted by Crippen LogP contribution is 2.20. The van der Waals surface area contributed by atoms with Crippen LogP contribution in [0.5, 0.6) is 5.75 Å². The third kappa shape index (κ3) is 5.16. The van der Waals surface area contributed by atoms with Crippen LogP contribution in [-0.4, -0.2) is 25.6 Å². The van der Waals surface area contributed by atoms with Crippen molar-refractivity contribution in [1.82, 2.24) is 4.98 Å². The van der Waals surface area contributed by atoms with Gasteiger partial charge in [-0.05, 0) is 17.7 Å². The second-order valence-electron chi connectivity index (χ2n) is 4.43. The van der Waals surface area contributed by atoms with Gasteiger partial charge in [0.25, 0.3) is 0 Å². The predicted molar refractivity (Wildman–Crippen MR) is 81.1 cm³/mol. The number of ether oxygens (including phenoxy) is 1. The summed E-state index contributed by atoms with van der Waals surface area (Å²) in [6.45, 7) is 1.35. The van der Waals surface area contributed by atoms with Crippen molar-refractivity contribution in [3.63, 3.8) is 0 Å². The molecule has 0 radical (unpaired) electrons. The maximum atomic E-state index is 11.1. The van der Waals surface area contributed by atoms with Gasteiger partial charge >= 0.3 is 5.97 Å². The van der Waals surface area contributed by atoms with Gasteiger partial charge in [-0.2, -0.15) is 0 Å². The van der Waals surface area contributed by atoms with E-state index in [4.69, 9.17) is 4.74 Å². The number of sulfonamides is 1. The van der Waals surface area contributed by atoms with Crippen LogP contribution in [0.4, 0.5) is 5.13 Å². The van der Waals surface area contributed by atoms with Crippen molar-refractivity contribution in [2.75, 3.05) is 11.0 Å². The minimum absolute atomic E-state index is 0.351. The third-order valence-corrected chi connectivity index (χ3v) is 3.89. The zero-order chi connectivity index (χ0) is 15.5. The summed E-state index contributed by atoms with van der Waals surface area (Å²) in [4.78, 5) is 15.0. The highest BCUT2D eigenvalue weighted by atomic mass is 32.2. The van der Waals surface area contributed by atoms with Crippen LogP contribution in [0.25, 0.3) is 0 Å². The maximum Gasteiger partial charge on any atom is 0.308 e. The van der Waals surface area contributed by atoms with Crippen LogP contribution >= 0.6 is 11.3 Å². The van der Waals surface area contributed by atoms with Gasteiger partial charge in [0, 0.05) is 18.7 Å². The number of nitrogens with zero attached hydrogens (tertiary/aromatic N) is 1. The molecule has 0 saturated carbocycles. The molecule has 21 heavy (non-hydrogen) atoms. The second-order valence-corrected chi connectivity index (χ2v) is 7.04. The molecule has 0 bridgehead atoms. The number of anilines is 1. The lowest BCUT2D eigenvalue weighted by Gasteiger charge is -2.02. The smallest absolute Gasteiger partial charge is 0.308 e. The van der Waals surface area contributed by atoms with Crippen LogP contribution in [0.15, 0.2) is 29.6 Å². The lowest BCUT2D eigenvalue weighted by atomic mass is 10.1. The van der Waals surface area contributed by atoms with Gasteiger partial charge in [-0.25, -0.2) is 13.4 Å². The van der Waals surface area contributed by atoms with Crippen molar-refractivity contribution in [2.24, 2.45) is 0 Å². The molecule has 0 aliphatic heterocycles. The molecule has 6 nitrogen and oxygen atoms in total. The summed E-state index contributed by atoms with van der Waals surface area (Å²) in [5.41, 5.74) is 1.76. The minimum atomic E-state index is -3.30. The van der Waals surface area contributed by atoms with Crippen molar-refractivity contribution in [3.8, 4) is 5.75 Å². The summed E-state index contributed by atoms with van der Waals surface area (Å²) in [6.07, 6.45) is 1.66. The van der Waals surface area contributed by atoms with Crippen molar-refractivity contribution in [1.29, 1.82) is 0 Å². The highest BCUT2D eigenvalue weighted by molar-refractivity contribution is 7.92. The molecule has 2 rings (SSSR count). The molecule has 2 aromatic rings. The van der Waals surface area contributed by atoms with E-state index in [1.54, 1.807) is 17.5 Å². The summed E-state index contributed by atoms with van der Waals surface area (Å²) in [6, 6.07) is 7.08. The fourth-order valence-corrected chi connectivity index (χ4v) is 3.21. The van der Waals surface area contributed by atoms with Crippen LogP contribution < -0.4 is 9.46 Å². The number of hydrogen-bond donors (Lipinski definition) is 1. The van der Waals surface area contributed by atoms with Gasteiger partial charge in [0.05, 0.1) is 11.9 Å². The number of carbonyl (C=O) groups is 1. The van der Waals surface area contributed by atoms with Crippen molar-refractivity contribution < 1.29 is 17.9 Å². The van der Waals surface area contributed by atoms with Gasteiger partial charge in [0.15, 0.2) is 5.13 Å². The fourth-order valence-electron chi connectivity index (χ4n) is 1.64. The first-order valence-corrected chi connectivity index (χ1v) is 8.78. The number of esters is 1. The van der Waals surface area contributed by atoms with Crippen molar-refractivity contribution >= 4 is 32.5 Å². The van der Waals surface area contributed by atoms with Gasteiger partial charge in [-0.1, -0.05) is 12.1 Å². The standard InChI is InChI=1S/C13H14N2O4S2/c1-9(16)19-12-5-3-10(4-6-12)7-11-8-20-13(14-11)15-21(2,17)18/h3-6,8H,7H2,1-2H3,(H,14,15). The minimum Gasteiger partial charge on any atom is -0.427 e. The zero-order valence-corrected chi connectivity index (χ0v) is 13.1. The Bertz CT molecular complexity index is 736. The van der Waals surface area contributed by atoms with E-state index in [2.05, 4.69) is 9.71 Å². The van der Waals surface area contributed by atoms with E-state index >= 15 is 0 Å². The molecule has 1 aromatic carbocycles. The van der Waals surface area contributed by atoms with Crippen LogP contribution in [0, 0.1) is 0 Å². The van der Waals surface area contributed by atoms with Crippen LogP contribution in [0.2, 0.25) is 0 Å². The molecule has 0 saturated heterocycles. The largest absolute Gasteiger partial charge is 0.427 e. The Labute approximate surface area is 126 Å². The number of rotatable bonds is 5. The predicted octanol–water partition coefficient (Wildman–Crippen LogP) is 2.03. The number of thiazole rings is 1. The van der Waals surface area contributed by atoms with Gasteiger partial charge in [0.1, 0.15) is 5.75 Å². The Morgan fingerprint density at radius 2 is 2.00 bits per heavy atom. The molecular weight excluding hydrogens is 312 g/mol. The van der Waals surface area contributed by atoms with Gasteiger partial charge in [-0.3, -0.25) is 9.52 Å². The Hall–Kier alpha value is -1.93. The van der Waals surface area contributed by atoms with E-state index in [0.717, 1.165) is 17.5 Å². The van der Waals surface area contributed by atoms with E-state index in [0.29, 0.717) is 17.3 Å². The lowest BCUT2D eigenvalue weighted by molar-refractivity contribution is -0.131. The normalized spacial score (nSPS) is 11.1. The summed E-state index contributed by atoms with van der Waals surface area (Å²) >= 11 is 1.24. The third-order valence-electron chi connectivity index (χ3n) is 2.39. The fraction of sp³-hybridized carbons (Fsp3) is 0.231. The quantitative estimate of drug-likeness (QED) is 0.671. The van der Waals surface area contributed by atoms with E-state index < -0.39 is 10.0 Å². The SMILES string of the molecule is CC(=O)Oc1ccc(Cc2csc(NS(C)(=O)=O)n2)cc1. The number of nitrogens with one attached hydrogen (secondary N) is 1. The molecule has 0 unspecified atom stereocenters. The lowest BCUT2D eigenvalue weighted by Crippen LogP contribution is -2.09. The average molecular weight is 326 g/mol. The Balaban J connectivity index is 2.03. The van der Waals surface area contributed by atoms with E-state index in [-0.39, 0.29) is 5.97 Å². The highest BCUT2D eigenvalue weighted by Gasteiger charge is 2.07. The molecule has 0 amide bonds. The van der Waals surface area contributed by atoms with Crippen molar-refractivity contribution in [2.45, 2.75) is 13.3 Å². The van der Waals surface area contributed by atoms with Crippen molar-refractivity contribution in [3.05, 3.63) is 40.9 Å². The molecule has 1 aromatic heterocycles. The first-order chi connectivity index (χ1) is 9.82. The number of benzene rings is 1. The second kappa shape index (κ2) is 6.23. The molecule has 0 atom stereocenters. The summed E-state index contributed by atoms with van der Waals surface area (Å²) in [7, 11) is -3.30. The van der Waals surface area contributed by atoms with Gasteiger partial charge in [-0.15, -0.1) is 11.3 Å². The molecular formula is C13H14N2O4S2. The summed E-state index contributed by atoms with van der Waals surface area (Å²) in [5.74, 6) is 0.128. The first-order valence-electron chi connectivity index (χ1n) is 6.01. The molecule has 0 aliphatic rings. The molecule has 1 heterocycles. The Kier molecular flexibility index (Phi) is 4.59. The summed E-state index contributed by atoms with van der Waals surface area (Å²) < 4.78 is 29.5. The van der Waals surface area contributed by atoms with E-state index in [1.165, 1.54) is 18.3 Å². The monoisotopic (exact) mass is 326 g/mol. The molecule has 112 valence electrons. The zero-order valence-electron chi connectivity index (χ0n) is 11.5. The molecule has 0 aliphatic carbocycles. The van der Waals surface area contributed by atoms with Crippen LogP contribution in [-0.2, 0) is 21.2 Å². The van der Waals surface area contributed by atoms with Gasteiger partial charge < -0.3 is 4.74 Å². The van der Waals surface area contributed by atoms with Crippen LogP contribution in [0.3, 0.4) is 0 Å². The molecule has 1 N–H and O–H groups in total. The topological polar surface area (TPSA) is 85.4 Å².